The molecule has 0 radical (unpaired) electrons. The van der Waals surface area contributed by atoms with Crippen LogP contribution in [-0.2, 0) is 10.0 Å². The van der Waals surface area contributed by atoms with Gasteiger partial charge < -0.3 is 0 Å². The fraction of sp³-hybridized carbons (Fsp3) is 0.625. The predicted octanol–water partition coefficient (Wildman–Crippen LogP) is 2.68. The lowest BCUT2D eigenvalue weighted by atomic mass is 9.99. The maximum Gasteiger partial charge on any atom is 0.241 e. The smallest absolute Gasteiger partial charge is 0.241 e. The monoisotopic (exact) mass is 328 g/mol. The molecule has 0 spiro atoms. The average molecular weight is 328 g/mol. The highest BCUT2D eigenvalue weighted by molar-refractivity contribution is 7.89. The van der Waals surface area contributed by atoms with E-state index in [1.807, 2.05) is 0 Å². The Morgan fingerprint density at radius 2 is 1.82 bits per heavy atom. The van der Waals surface area contributed by atoms with Crippen LogP contribution >= 0.6 is 0 Å². The number of aryl methyl sites for hydroxylation is 1. The van der Waals surface area contributed by atoms with E-state index in [0.29, 0.717) is 5.56 Å². The molecule has 0 unspecified atom stereocenters. The van der Waals surface area contributed by atoms with Crippen molar-refractivity contribution < 1.29 is 12.8 Å². The molecule has 124 valence electrons. The van der Waals surface area contributed by atoms with Gasteiger partial charge >= 0.3 is 0 Å². The largest absolute Gasteiger partial charge is 0.298 e. The zero-order valence-electron chi connectivity index (χ0n) is 13.7. The third-order valence-corrected chi connectivity index (χ3v) is 5.87. The summed E-state index contributed by atoms with van der Waals surface area (Å²) in [5.74, 6) is -0.421. The second kappa shape index (κ2) is 6.26. The van der Waals surface area contributed by atoms with Crippen LogP contribution in [0, 0.1) is 12.7 Å². The second-order valence-electron chi connectivity index (χ2n) is 6.96. The van der Waals surface area contributed by atoms with Crippen molar-refractivity contribution in [1.29, 1.82) is 0 Å². The Balaban J connectivity index is 2.05. The number of likely N-dealkylation sites (tertiary alicyclic amines) is 1. The lowest BCUT2D eigenvalue weighted by molar-refractivity contribution is 0.100. The fourth-order valence-corrected chi connectivity index (χ4v) is 4.40. The summed E-state index contributed by atoms with van der Waals surface area (Å²) in [6.07, 6.45) is 1.58. The van der Waals surface area contributed by atoms with Crippen LogP contribution in [0.15, 0.2) is 23.1 Å². The molecule has 1 heterocycles. The van der Waals surface area contributed by atoms with Crippen LogP contribution in [0.2, 0.25) is 0 Å². The molecule has 6 heteroatoms. The van der Waals surface area contributed by atoms with Crippen molar-refractivity contribution in [3.8, 4) is 0 Å². The van der Waals surface area contributed by atoms with Gasteiger partial charge in [0.1, 0.15) is 5.82 Å². The third-order valence-electron chi connectivity index (χ3n) is 4.19. The standard InChI is InChI=1S/C16H25FN2O2S/c1-12-11-13(17)5-6-15(12)22(20,21)18-14-7-9-19(10-8-14)16(2,3)4/h5-6,11,14,18H,7-10H2,1-4H3. The molecule has 1 N–H and O–H groups in total. The van der Waals surface area contributed by atoms with E-state index in [1.54, 1.807) is 6.92 Å². The van der Waals surface area contributed by atoms with E-state index in [1.165, 1.54) is 18.2 Å². The van der Waals surface area contributed by atoms with Gasteiger partial charge in [0.15, 0.2) is 0 Å². The Morgan fingerprint density at radius 1 is 1.23 bits per heavy atom. The Bertz CT molecular complexity index is 630. The third kappa shape index (κ3) is 4.06. The normalized spacial score (nSPS) is 18.6. The van der Waals surface area contributed by atoms with Gasteiger partial charge in [-0.25, -0.2) is 17.5 Å². The number of nitrogens with zero attached hydrogens (tertiary/aromatic N) is 1. The fourth-order valence-electron chi connectivity index (χ4n) is 2.87. The van der Waals surface area contributed by atoms with E-state index in [0.717, 1.165) is 25.9 Å². The molecule has 1 aliphatic heterocycles. The molecule has 0 bridgehead atoms. The van der Waals surface area contributed by atoms with E-state index in [9.17, 15) is 12.8 Å². The first-order valence-corrected chi connectivity index (χ1v) is 9.11. The zero-order valence-corrected chi connectivity index (χ0v) is 14.5. The van der Waals surface area contributed by atoms with Crippen molar-refractivity contribution in [3.05, 3.63) is 29.6 Å². The minimum atomic E-state index is -3.60. The Hall–Kier alpha value is -0.980. The van der Waals surface area contributed by atoms with Crippen LogP contribution in [0.4, 0.5) is 4.39 Å². The van der Waals surface area contributed by atoms with Crippen molar-refractivity contribution in [2.75, 3.05) is 13.1 Å². The molecule has 1 aliphatic rings. The highest BCUT2D eigenvalue weighted by Crippen LogP contribution is 2.22. The summed E-state index contributed by atoms with van der Waals surface area (Å²) < 4.78 is 40.8. The number of hydrogen-bond acceptors (Lipinski definition) is 3. The summed E-state index contributed by atoms with van der Waals surface area (Å²) in [6, 6.07) is 3.70. The molecule has 2 rings (SSSR count). The number of hydrogen-bond donors (Lipinski definition) is 1. The minimum Gasteiger partial charge on any atom is -0.298 e. The molecule has 1 aromatic rings. The molecule has 0 saturated carbocycles. The van der Waals surface area contributed by atoms with Gasteiger partial charge in [-0.1, -0.05) is 0 Å². The van der Waals surface area contributed by atoms with Gasteiger partial charge in [0.25, 0.3) is 0 Å². The lowest BCUT2D eigenvalue weighted by Crippen LogP contribution is -2.50. The number of sulfonamides is 1. The highest BCUT2D eigenvalue weighted by atomic mass is 32.2. The topological polar surface area (TPSA) is 49.4 Å². The summed E-state index contributed by atoms with van der Waals surface area (Å²) in [5, 5.41) is 0. The average Bonchev–Trinajstić information content (AvgIpc) is 2.37. The minimum absolute atomic E-state index is 0.0620. The van der Waals surface area contributed by atoms with Crippen LogP contribution in [0.1, 0.15) is 39.2 Å². The van der Waals surface area contributed by atoms with E-state index in [4.69, 9.17) is 0 Å². The summed E-state index contributed by atoms with van der Waals surface area (Å²) in [6.45, 7) is 9.86. The number of rotatable bonds is 3. The van der Waals surface area contributed by atoms with Crippen molar-refractivity contribution >= 4 is 10.0 Å². The quantitative estimate of drug-likeness (QED) is 0.928. The first kappa shape index (κ1) is 17.4. The van der Waals surface area contributed by atoms with Gasteiger partial charge in [-0.05, 0) is 64.3 Å². The maximum absolute atomic E-state index is 13.1. The number of piperidine rings is 1. The molecule has 22 heavy (non-hydrogen) atoms. The number of halogens is 1. The van der Waals surface area contributed by atoms with Gasteiger partial charge in [0, 0.05) is 24.7 Å². The van der Waals surface area contributed by atoms with Crippen LogP contribution in [0.25, 0.3) is 0 Å². The van der Waals surface area contributed by atoms with Gasteiger partial charge in [0.2, 0.25) is 10.0 Å². The molecule has 1 fully saturated rings. The molecular formula is C16H25FN2O2S. The molecule has 1 aromatic carbocycles. The Morgan fingerprint density at radius 3 is 2.32 bits per heavy atom. The van der Waals surface area contributed by atoms with Crippen molar-refractivity contribution in [2.45, 2.75) is 57.0 Å². The van der Waals surface area contributed by atoms with Crippen molar-refractivity contribution in [2.24, 2.45) is 0 Å². The summed E-state index contributed by atoms with van der Waals surface area (Å²) in [4.78, 5) is 2.52. The SMILES string of the molecule is Cc1cc(F)ccc1S(=O)(=O)NC1CCN(C(C)(C)C)CC1. The lowest BCUT2D eigenvalue weighted by Gasteiger charge is -2.40. The van der Waals surface area contributed by atoms with E-state index >= 15 is 0 Å². The first-order chi connectivity index (χ1) is 10.1. The van der Waals surface area contributed by atoms with E-state index in [-0.39, 0.29) is 16.5 Å². The molecule has 0 atom stereocenters. The van der Waals surface area contributed by atoms with Crippen LogP contribution in [0.5, 0.6) is 0 Å². The van der Waals surface area contributed by atoms with Crippen LogP contribution < -0.4 is 4.72 Å². The van der Waals surface area contributed by atoms with Gasteiger partial charge in [-0.3, -0.25) is 4.90 Å². The maximum atomic E-state index is 13.1. The zero-order chi connectivity index (χ0) is 16.5. The van der Waals surface area contributed by atoms with E-state index in [2.05, 4.69) is 30.4 Å². The van der Waals surface area contributed by atoms with Crippen LogP contribution in [-0.4, -0.2) is 38.0 Å². The summed E-state index contributed by atoms with van der Waals surface area (Å²) >= 11 is 0. The number of nitrogens with one attached hydrogen (secondary N) is 1. The van der Waals surface area contributed by atoms with Gasteiger partial charge in [0.05, 0.1) is 4.90 Å². The van der Waals surface area contributed by atoms with Gasteiger partial charge in [-0.15, -0.1) is 0 Å². The Labute approximate surface area is 132 Å². The molecular weight excluding hydrogens is 303 g/mol. The number of benzene rings is 1. The second-order valence-corrected chi connectivity index (χ2v) is 8.65. The summed E-state index contributed by atoms with van der Waals surface area (Å²) in [5.41, 5.74) is 0.539. The molecule has 1 saturated heterocycles. The highest BCUT2D eigenvalue weighted by Gasteiger charge is 2.29. The Kier molecular flexibility index (Phi) is 4.94. The van der Waals surface area contributed by atoms with Crippen LogP contribution in [0.3, 0.4) is 0 Å². The molecule has 0 aliphatic carbocycles. The van der Waals surface area contributed by atoms with Gasteiger partial charge in [-0.2, -0.15) is 0 Å². The summed E-state index contributed by atoms with van der Waals surface area (Å²) in [7, 11) is -3.60. The molecule has 0 amide bonds. The van der Waals surface area contributed by atoms with E-state index < -0.39 is 15.8 Å². The molecule has 4 nitrogen and oxygen atoms in total. The first-order valence-electron chi connectivity index (χ1n) is 7.63. The van der Waals surface area contributed by atoms with Crippen molar-refractivity contribution in [3.63, 3.8) is 0 Å². The predicted molar refractivity (Wildman–Crippen MR) is 85.8 cm³/mol. The molecule has 0 aromatic heterocycles. The van der Waals surface area contributed by atoms with Crippen molar-refractivity contribution in [1.82, 2.24) is 9.62 Å².